The Bertz CT molecular complexity index is 908. The Kier molecular flexibility index (Phi) is 5.74. The van der Waals surface area contributed by atoms with Crippen molar-refractivity contribution in [2.45, 2.75) is 0 Å². The van der Waals surface area contributed by atoms with E-state index >= 15 is 0 Å². The second-order valence-electron chi connectivity index (χ2n) is 7.43. The molecule has 1 amide bonds. The number of halogens is 1. The van der Waals surface area contributed by atoms with Crippen LogP contribution in [0.5, 0.6) is 5.75 Å². The predicted octanol–water partition coefficient (Wildman–Crippen LogP) is 2.81. The van der Waals surface area contributed by atoms with Crippen LogP contribution in [0, 0.1) is 0 Å². The molecule has 29 heavy (non-hydrogen) atoms. The van der Waals surface area contributed by atoms with Gasteiger partial charge in [0.1, 0.15) is 0 Å². The van der Waals surface area contributed by atoms with E-state index in [9.17, 15) is 9.59 Å². The summed E-state index contributed by atoms with van der Waals surface area (Å²) < 4.78 is 5.62. The second-order valence-corrected chi connectivity index (χ2v) is 7.86. The maximum absolute atomic E-state index is 12.5. The molecule has 2 heterocycles. The maximum Gasteiger partial charge on any atom is 0.253 e. The highest BCUT2D eigenvalue weighted by Gasteiger charge is 2.27. The number of benzene rings is 2. The monoisotopic (exact) mass is 413 g/mol. The molecule has 2 aliphatic rings. The number of nitrogens with zero attached hydrogens (tertiary/aromatic N) is 3. The van der Waals surface area contributed by atoms with Crippen LogP contribution >= 0.6 is 11.6 Å². The van der Waals surface area contributed by atoms with E-state index in [0.717, 1.165) is 44.2 Å². The standard InChI is InChI=1S/C22H24ClN3O3/c1-24(22(28)16-5-7-17(23)8-6-16)9-10-25-11-13-26(14-12-25)19-4-2-3-18-20(27)15-29-21(18)19/h2-8H,9-15H2,1H3. The summed E-state index contributed by atoms with van der Waals surface area (Å²) in [6.45, 7) is 5.17. The number of Topliss-reactive ketones (excluding diaryl/α,β-unsaturated/α-hetero) is 1. The first-order valence-corrected chi connectivity index (χ1v) is 10.2. The lowest BCUT2D eigenvalue weighted by Crippen LogP contribution is -2.48. The van der Waals surface area contributed by atoms with Crippen LogP contribution in [0.25, 0.3) is 0 Å². The van der Waals surface area contributed by atoms with Gasteiger partial charge in [-0.1, -0.05) is 17.7 Å². The minimum absolute atomic E-state index is 0.00182. The van der Waals surface area contributed by atoms with Crippen molar-refractivity contribution in [3.8, 4) is 5.75 Å². The summed E-state index contributed by atoms with van der Waals surface area (Å²) >= 11 is 5.89. The van der Waals surface area contributed by atoms with Gasteiger partial charge >= 0.3 is 0 Å². The van der Waals surface area contributed by atoms with E-state index in [-0.39, 0.29) is 18.3 Å². The average molecular weight is 414 g/mol. The number of carbonyl (C=O) groups excluding carboxylic acids is 2. The number of amides is 1. The fourth-order valence-electron chi connectivity index (χ4n) is 3.78. The molecule has 2 aromatic rings. The molecule has 1 saturated heterocycles. The highest BCUT2D eigenvalue weighted by molar-refractivity contribution is 6.30. The topological polar surface area (TPSA) is 53.1 Å². The molecule has 0 spiro atoms. The summed E-state index contributed by atoms with van der Waals surface area (Å²) in [6.07, 6.45) is 0. The molecule has 2 aromatic carbocycles. The van der Waals surface area contributed by atoms with E-state index in [1.165, 1.54) is 0 Å². The van der Waals surface area contributed by atoms with Gasteiger partial charge in [-0.3, -0.25) is 14.5 Å². The van der Waals surface area contributed by atoms with E-state index in [0.29, 0.717) is 22.7 Å². The van der Waals surface area contributed by atoms with Crippen molar-refractivity contribution in [2.75, 3.05) is 57.8 Å². The molecule has 0 aromatic heterocycles. The molecule has 6 nitrogen and oxygen atoms in total. The number of likely N-dealkylation sites (N-methyl/N-ethyl adjacent to an activating group) is 1. The van der Waals surface area contributed by atoms with Crippen LogP contribution in [-0.4, -0.2) is 74.4 Å². The third-order valence-corrected chi connectivity index (χ3v) is 5.80. The van der Waals surface area contributed by atoms with E-state index in [1.807, 2.05) is 25.2 Å². The van der Waals surface area contributed by atoms with Gasteiger partial charge in [-0.05, 0) is 36.4 Å². The number of piperazine rings is 1. The summed E-state index contributed by atoms with van der Waals surface area (Å²) in [4.78, 5) is 30.8. The number of rotatable bonds is 5. The van der Waals surface area contributed by atoms with Gasteiger partial charge in [-0.2, -0.15) is 0 Å². The first kappa shape index (κ1) is 19.7. The molecule has 152 valence electrons. The number of carbonyl (C=O) groups is 2. The minimum atomic E-state index is 0.00182. The molecule has 0 bridgehead atoms. The van der Waals surface area contributed by atoms with Gasteiger partial charge in [0.25, 0.3) is 5.91 Å². The van der Waals surface area contributed by atoms with Gasteiger partial charge < -0.3 is 14.5 Å². The van der Waals surface area contributed by atoms with Crippen LogP contribution in [0.3, 0.4) is 0 Å². The fourth-order valence-corrected chi connectivity index (χ4v) is 3.90. The number of para-hydroxylation sites is 1. The predicted molar refractivity (Wildman–Crippen MR) is 113 cm³/mol. The Balaban J connectivity index is 1.29. The van der Waals surface area contributed by atoms with E-state index < -0.39 is 0 Å². The van der Waals surface area contributed by atoms with E-state index in [2.05, 4.69) is 9.80 Å². The van der Waals surface area contributed by atoms with Crippen LogP contribution in [0.1, 0.15) is 20.7 Å². The molecule has 7 heteroatoms. The molecule has 0 radical (unpaired) electrons. The van der Waals surface area contributed by atoms with Gasteiger partial charge in [0.15, 0.2) is 12.4 Å². The molecule has 1 fully saturated rings. The first-order chi connectivity index (χ1) is 14.0. The Morgan fingerprint density at radius 3 is 2.55 bits per heavy atom. The second kappa shape index (κ2) is 8.43. The zero-order chi connectivity index (χ0) is 20.4. The number of ketones is 1. The lowest BCUT2D eigenvalue weighted by atomic mass is 10.1. The molecule has 4 rings (SSSR count). The third-order valence-electron chi connectivity index (χ3n) is 5.54. The molecule has 0 N–H and O–H groups in total. The van der Waals surface area contributed by atoms with Crippen LogP contribution in [0.15, 0.2) is 42.5 Å². The smallest absolute Gasteiger partial charge is 0.253 e. The Morgan fingerprint density at radius 2 is 1.83 bits per heavy atom. The number of hydrogen-bond donors (Lipinski definition) is 0. The van der Waals surface area contributed by atoms with Crippen molar-refractivity contribution in [2.24, 2.45) is 0 Å². The third kappa shape index (κ3) is 4.23. The van der Waals surface area contributed by atoms with E-state index in [4.69, 9.17) is 16.3 Å². The molecule has 0 atom stereocenters. The number of fused-ring (bicyclic) bond motifs is 1. The normalized spacial score (nSPS) is 16.5. The van der Waals surface area contributed by atoms with Crippen molar-refractivity contribution in [1.82, 2.24) is 9.80 Å². The summed E-state index contributed by atoms with van der Waals surface area (Å²) in [5.41, 5.74) is 2.34. The van der Waals surface area contributed by atoms with Gasteiger partial charge in [-0.15, -0.1) is 0 Å². The highest BCUT2D eigenvalue weighted by Crippen LogP contribution is 2.36. The molecule has 0 unspecified atom stereocenters. The molecule has 2 aliphatic heterocycles. The number of hydrogen-bond acceptors (Lipinski definition) is 5. The van der Waals surface area contributed by atoms with Gasteiger partial charge in [-0.25, -0.2) is 0 Å². The maximum atomic E-state index is 12.5. The largest absolute Gasteiger partial charge is 0.482 e. The summed E-state index contributed by atoms with van der Waals surface area (Å²) in [7, 11) is 1.83. The van der Waals surface area contributed by atoms with Crippen molar-refractivity contribution < 1.29 is 14.3 Å². The van der Waals surface area contributed by atoms with Crippen LogP contribution in [0.2, 0.25) is 5.02 Å². The molecule has 0 aliphatic carbocycles. The summed E-state index contributed by atoms with van der Waals surface area (Å²) in [5, 5.41) is 0.626. The van der Waals surface area contributed by atoms with Crippen LogP contribution in [-0.2, 0) is 0 Å². The number of anilines is 1. The quantitative estimate of drug-likeness (QED) is 0.754. The Hall–Kier alpha value is -2.57. The van der Waals surface area contributed by atoms with Gasteiger partial charge in [0.2, 0.25) is 5.78 Å². The SMILES string of the molecule is CN(CCN1CCN(c2cccc3c2OCC3=O)CC1)C(=O)c1ccc(Cl)cc1. The fraction of sp³-hybridized carbons (Fsp3) is 0.364. The van der Waals surface area contributed by atoms with Crippen LogP contribution < -0.4 is 9.64 Å². The highest BCUT2D eigenvalue weighted by atomic mass is 35.5. The van der Waals surface area contributed by atoms with Crippen molar-refractivity contribution >= 4 is 29.0 Å². The summed E-state index contributed by atoms with van der Waals surface area (Å²) in [6, 6.07) is 12.8. The summed E-state index contributed by atoms with van der Waals surface area (Å²) in [5.74, 6) is 0.773. The minimum Gasteiger partial charge on any atom is -0.482 e. The van der Waals surface area contributed by atoms with Gasteiger partial charge in [0, 0.05) is 56.9 Å². The van der Waals surface area contributed by atoms with Gasteiger partial charge in [0.05, 0.1) is 11.3 Å². The van der Waals surface area contributed by atoms with Crippen molar-refractivity contribution in [1.29, 1.82) is 0 Å². The number of ether oxygens (including phenoxy) is 1. The van der Waals surface area contributed by atoms with Crippen molar-refractivity contribution in [3.05, 3.63) is 58.6 Å². The van der Waals surface area contributed by atoms with Crippen LogP contribution in [0.4, 0.5) is 5.69 Å². The zero-order valence-electron chi connectivity index (χ0n) is 16.4. The molecular formula is C22H24ClN3O3. The van der Waals surface area contributed by atoms with Crippen molar-refractivity contribution in [3.63, 3.8) is 0 Å². The van der Waals surface area contributed by atoms with E-state index in [1.54, 1.807) is 29.2 Å². The Morgan fingerprint density at radius 1 is 1.10 bits per heavy atom. The Labute approximate surface area is 175 Å². The lowest BCUT2D eigenvalue weighted by molar-refractivity contribution is 0.0776. The first-order valence-electron chi connectivity index (χ1n) is 9.80. The average Bonchev–Trinajstić information content (AvgIpc) is 3.13. The molecule has 0 saturated carbocycles. The lowest BCUT2D eigenvalue weighted by Gasteiger charge is -2.37. The zero-order valence-corrected chi connectivity index (χ0v) is 17.2. The molecular weight excluding hydrogens is 390 g/mol.